The molecule has 32 heavy (non-hydrogen) atoms. The zero-order valence-corrected chi connectivity index (χ0v) is 19.6. The summed E-state index contributed by atoms with van der Waals surface area (Å²) in [7, 11) is 0. The van der Waals surface area contributed by atoms with Crippen molar-refractivity contribution in [2.45, 2.75) is 25.7 Å². The zero-order chi connectivity index (χ0) is 22.1. The molecule has 2 aromatic rings. The Morgan fingerprint density at radius 2 is 1.47 bits per heavy atom. The van der Waals surface area contributed by atoms with Crippen LogP contribution >= 0.6 is 11.8 Å². The summed E-state index contributed by atoms with van der Waals surface area (Å²) >= 11 is 1.84. The fourth-order valence-corrected chi connectivity index (χ4v) is 5.68. The number of anilines is 1. The molecule has 2 nitrogen and oxygen atoms in total. The van der Waals surface area contributed by atoms with Crippen molar-refractivity contribution < 1.29 is 4.57 Å². The molecule has 0 spiro atoms. The Morgan fingerprint density at radius 3 is 2.16 bits per heavy atom. The van der Waals surface area contributed by atoms with Gasteiger partial charge in [-0.3, -0.25) is 0 Å². The number of para-hydroxylation sites is 2. The molecule has 0 amide bonds. The molecule has 0 N–H and O–H groups in total. The van der Waals surface area contributed by atoms with E-state index in [1.165, 1.54) is 49.4 Å². The lowest BCUT2D eigenvalue weighted by molar-refractivity contribution is -0.604. The molecule has 2 heterocycles. The molecule has 0 saturated heterocycles. The Balaban J connectivity index is 1.44. The molecule has 0 bridgehead atoms. The number of rotatable bonds is 4. The third kappa shape index (κ3) is 3.63. The maximum Gasteiger partial charge on any atom is 0.211 e. The maximum atomic E-state index is 2.37. The average molecular weight is 436 g/mol. The third-order valence-corrected chi connectivity index (χ3v) is 7.25. The normalized spacial score (nSPS) is 14.6. The molecule has 3 aliphatic rings. The highest BCUT2D eigenvalue weighted by atomic mass is 32.2. The van der Waals surface area contributed by atoms with Crippen LogP contribution in [0.3, 0.4) is 0 Å². The van der Waals surface area contributed by atoms with Crippen molar-refractivity contribution in [2.24, 2.45) is 0 Å². The van der Waals surface area contributed by atoms with Crippen molar-refractivity contribution in [3.63, 3.8) is 0 Å². The molecule has 2 aromatic carbocycles. The summed E-state index contributed by atoms with van der Waals surface area (Å²) in [5.74, 6) is 0. The molecular weight excluding hydrogens is 408 g/mol. The van der Waals surface area contributed by atoms with Gasteiger partial charge in [-0.2, -0.15) is 4.57 Å². The largest absolute Gasteiger partial charge is 0.335 e. The Morgan fingerprint density at radius 1 is 0.812 bits per heavy atom. The number of nitrogens with zero attached hydrogens (tertiary/aromatic N) is 2. The number of hydrogen-bond donors (Lipinski definition) is 0. The molecule has 0 aromatic heterocycles. The highest BCUT2D eigenvalue weighted by molar-refractivity contribution is 8.03. The van der Waals surface area contributed by atoms with Gasteiger partial charge in [-0.1, -0.05) is 66.4 Å². The molecule has 158 valence electrons. The minimum Gasteiger partial charge on any atom is -0.335 e. The van der Waals surface area contributed by atoms with Crippen LogP contribution in [0.15, 0.2) is 101 Å². The lowest BCUT2D eigenvalue weighted by Crippen LogP contribution is -2.34. The molecule has 2 aliphatic heterocycles. The summed E-state index contributed by atoms with van der Waals surface area (Å²) in [6.07, 6.45) is 6.58. The van der Waals surface area contributed by atoms with E-state index in [4.69, 9.17) is 0 Å². The summed E-state index contributed by atoms with van der Waals surface area (Å²) in [6, 6.07) is 28.1. The van der Waals surface area contributed by atoms with Gasteiger partial charge in [-0.05, 0) is 42.8 Å². The van der Waals surface area contributed by atoms with Crippen molar-refractivity contribution in [2.75, 3.05) is 11.4 Å². The maximum absolute atomic E-state index is 2.37. The van der Waals surface area contributed by atoms with Gasteiger partial charge in [-0.15, -0.1) is 0 Å². The van der Waals surface area contributed by atoms with Crippen LogP contribution in [0, 0.1) is 13.8 Å². The van der Waals surface area contributed by atoms with Gasteiger partial charge in [0.2, 0.25) is 5.69 Å². The molecule has 3 heteroatoms. The van der Waals surface area contributed by atoms with E-state index in [1.54, 1.807) is 0 Å². The third-order valence-electron chi connectivity index (χ3n) is 6.12. The quantitative estimate of drug-likeness (QED) is 0.314. The van der Waals surface area contributed by atoms with Gasteiger partial charge in [0.25, 0.3) is 0 Å². The fraction of sp³-hybridized carbons (Fsp3) is 0.138. The van der Waals surface area contributed by atoms with E-state index in [1.807, 2.05) is 11.8 Å². The standard InChI is InChI=1S/C29H27N2S/c1-4-30-27-14-8-9-15-28(27)32-29(30)16-10-11-23-17-19-25-21(2)31(22(3)26(25)20-18-23)24-12-6-5-7-13-24/h5-20H,4H2,1-3H3/q+1. The van der Waals surface area contributed by atoms with E-state index in [0.29, 0.717) is 0 Å². The summed E-state index contributed by atoms with van der Waals surface area (Å²) in [5.41, 5.74) is 8.86. The van der Waals surface area contributed by atoms with Gasteiger partial charge in [0.15, 0.2) is 11.4 Å². The summed E-state index contributed by atoms with van der Waals surface area (Å²) < 4.78 is 2.35. The summed E-state index contributed by atoms with van der Waals surface area (Å²) in [4.78, 5) is 3.70. The Bertz CT molecular complexity index is 1260. The highest BCUT2D eigenvalue weighted by Crippen LogP contribution is 2.45. The molecule has 0 unspecified atom stereocenters. The predicted molar refractivity (Wildman–Crippen MR) is 137 cm³/mol. The number of thioether (sulfide) groups is 1. The number of allylic oxidation sites excluding steroid dienone is 2. The zero-order valence-electron chi connectivity index (χ0n) is 18.7. The molecule has 0 radical (unpaired) electrons. The molecule has 0 saturated carbocycles. The monoisotopic (exact) mass is 435 g/mol. The van der Waals surface area contributed by atoms with Crippen LogP contribution in [0.5, 0.6) is 0 Å². The van der Waals surface area contributed by atoms with Crippen LogP contribution in [-0.4, -0.2) is 6.54 Å². The van der Waals surface area contributed by atoms with Crippen LogP contribution in [0.1, 0.15) is 23.9 Å². The van der Waals surface area contributed by atoms with Crippen molar-refractivity contribution in [1.82, 2.24) is 0 Å². The number of fused-ring (bicyclic) bond motifs is 2. The topological polar surface area (TPSA) is 7.12 Å². The van der Waals surface area contributed by atoms with Gasteiger partial charge in [-0.25, -0.2) is 0 Å². The molecule has 1 aliphatic carbocycles. The molecule has 5 rings (SSSR count). The second-order valence-electron chi connectivity index (χ2n) is 8.01. The summed E-state index contributed by atoms with van der Waals surface area (Å²) in [6.45, 7) is 7.58. The van der Waals surface area contributed by atoms with Crippen LogP contribution < -0.4 is 9.47 Å². The second-order valence-corrected chi connectivity index (χ2v) is 9.08. The van der Waals surface area contributed by atoms with E-state index in [0.717, 1.165) is 6.54 Å². The lowest BCUT2D eigenvalue weighted by atomic mass is 10.1. The van der Waals surface area contributed by atoms with Gasteiger partial charge in [0.1, 0.15) is 0 Å². The Labute approximate surface area is 194 Å². The van der Waals surface area contributed by atoms with E-state index in [9.17, 15) is 0 Å². The van der Waals surface area contributed by atoms with Crippen LogP contribution in [0.4, 0.5) is 5.69 Å². The van der Waals surface area contributed by atoms with Crippen molar-refractivity contribution in [3.8, 4) is 16.8 Å². The second kappa shape index (κ2) is 8.68. The van der Waals surface area contributed by atoms with Gasteiger partial charge >= 0.3 is 0 Å². The van der Waals surface area contributed by atoms with E-state index >= 15 is 0 Å². The van der Waals surface area contributed by atoms with Crippen molar-refractivity contribution in [3.05, 3.63) is 113 Å². The van der Waals surface area contributed by atoms with Gasteiger partial charge in [0.05, 0.1) is 21.8 Å². The fourth-order valence-electron chi connectivity index (χ4n) is 4.54. The first kappa shape index (κ1) is 20.6. The van der Waals surface area contributed by atoms with Gasteiger partial charge in [0, 0.05) is 37.4 Å². The van der Waals surface area contributed by atoms with Crippen molar-refractivity contribution in [1.29, 1.82) is 0 Å². The van der Waals surface area contributed by atoms with Crippen LogP contribution in [-0.2, 0) is 0 Å². The number of hydrogen-bond acceptors (Lipinski definition) is 2. The first-order valence-corrected chi connectivity index (χ1v) is 11.9. The first-order valence-electron chi connectivity index (χ1n) is 11.1. The highest BCUT2D eigenvalue weighted by Gasteiger charge is 2.26. The molecular formula is C29H27N2S+. The van der Waals surface area contributed by atoms with Gasteiger partial charge < -0.3 is 4.90 Å². The molecule has 0 fully saturated rings. The smallest absolute Gasteiger partial charge is 0.211 e. The van der Waals surface area contributed by atoms with Crippen molar-refractivity contribution >= 4 is 23.5 Å². The lowest BCUT2D eigenvalue weighted by Gasteiger charge is -2.17. The number of benzene rings is 2. The molecule has 0 atom stereocenters. The summed E-state index contributed by atoms with van der Waals surface area (Å²) in [5, 5.41) is 1.28. The van der Waals surface area contributed by atoms with E-state index < -0.39 is 0 Å². The SMILES string of the molecule is CCN1/C(=C/C=C/c2ccc3c(C)[n+](-c4ccccc4)c(C)c-3cc2)Sc2ccccc21. The minimum absolute atomic E-state index is 0.971. The van der Waals surface area contributed by atoms with E-state index in [-0.39, 0.29) is 0 Å². The average Bonchev–Trinajstić information content (AvgIpc) is 3.18. The predicted octanol–water partition coefficient (Wildman–Crippen LogP) is 7.17. The Kier molecular flexibility index (Phi) is 5.59. The minimum atomic E-state index is 0.971. The Hall–Kier alpha value is -3.30. The van der Waals surface area contributed by atoms with Crippen LogP contribution in [0.25, 0.3) is 22.9 Å². The van der Waals surface area contributed by atoms with E-state index in [2.05, 4.69) is 127 Å². The number of aromatic nitrogens is 1. The van der Waals surface area contributed by atoms with Crippen LogP contribution in [0.2, 0.25) is 0 Å². The first-order chi connectivity index (χ1) is 15.7.